The summed E-state index contributed by atoms with van der Waals surface area (Å²) in [6, 6.07) is 7.03. The molecule has 0 aliphatic rings. The van der Waals surface area contributed by atoms with Crippen molar-refractivity contribution in [3.8, 4) is 11.3 Å². The van der Waals surface area contributed by atoms with Crippen LogP contribution in [0.1, 0.15) is 0 Å². The molecule has 1 aromatic heterocycles. The van der Waals surface area contributed by atoms with Gasteiger partial charge in [0, 0.05) is 11.3 Å². The predicted octanol–water partition coefficient (Wildman–Crippen LogP) is 1.88. The second kappa shape index (κ2) is 5.83. The van der Waals surface area contributed by atoms with E-state index >= 15 is 0 Å². The van der Waals surface area contributed by atoms with Crippen LogP contribution in [0.5, 0.6) is 0 Å². The van der Waals surface area contributed by atoms with Crippen molar-refractivity contribution in [3.63, 3.8) is 0 Å². The van der Waals surface area contributed by atoms with Gasteiger partial charge < -0.3 is 14.3 Å². The average molecular weight is 248 g/mol. The number of aromatic nitrogens is 1. The van der Waals surface area contributed by atoms with E-state index in [4.69, 9.17) is 9.52 Å². The monoisotopic (exact) mass is 248 g/mol. The van der Waals surface area contributed by atoms with E-state index < -0.39 is 6.09 Å². The van der Waals surface area contributed by atoms with Crippen molar-refractivity contribution in [2.75, 3.05) is 18.5 Å². The molecule has 0 aliphatic carbocycles. The van der Waals surface area contributed by atoms with E-state index in [-0.39, 0.29) is 13.2 Å². The maximum atomic E-state index is 11.2. The molecule has 2 rings (SSSR count). The first kappa shape index (κ1) is 12.1. The van der Waals surface area contributed by atoms with Gasteiger partial charge in [-0.25, -0.2) is 9.78 Å². The normalized spacial score (nSPS) is 10.1. The van der Waals surface area contributed by atoms with Gasteiger partial charge in [-0.05, 0) is 24.3 Å². The third-order valence-electron chi connectivity index (χ3n) is 2.17. The molecule has 6 nitrogen and oxygen atoms in total. The first-order valence-corrected chi connectivity index (χ1v) is 5.33. The van der Waals surface area contributed by atoms with Crippen molar-refractivity contribution in [1.82, 2.24) is 4.98 Å². The zero-order valence-electron chi connectivity index (χ0n) is 9.50. The number of hydrogen-bond donors (Lipinski definition) is 2. The highest BCUT2D eigenvalue weighted by Crippen LogP contribution is 2.20. The quantitative estimate of drug-likeness (QED) is 0.862. The van der Waals surface area contributed by atoms with Gasteiger partial charge in [-0.3, -0.25) is 5.32 Å². The van der Waals surface area contributed by atoms with Gasteiger partial charge in [0.25, 0.3) is 0 Å². The number of hydrogen-bond acceptors (Lipinski definition) is 5. The van der Waals surface area contributed by atoms with E-state index in [1.165, 1.54) is 6.39 Å². The molecule has 2 aromatic rings. The number of anilines is 1. The Kier molecular flexibility index (Phi) is 3.93. The number of aliphatic hydroxyl groups excluding tert-OH is 1. The van der Waals surface area contributed by atoms with Gasteiger partial charge in [-0.1, -0.05) is 0 Å². The maximum absolute atomic E-state index is 11.2. The Morgan fingerprint density at radius 2 is 2.17 bits per heavy atom. The van der Waals surface area contributed by atoms with Crippen LogP contribution < -0.4 is 5.32 Å². The van der Waals surface area contributed by atoms with Crippen LogP contribution in [-0.4, -0.2) is 29.4 Å². The van der Waals surface area contributed by atoms with Gasteiger partial charge in [-0.15, -0.1) is 0 Å². The van der Waals surface area contributed by atoms with Crippen LogP contribution in [0.3, 0.4) is 0 Å². The van der Waals surface area contributed by atoms with Crippen LogP contribution in [0.25, 0.3) is 11.3 Å². The largest absolute Gasteiger partial charge is 0.447 e. The molecule has 0 atom stereocenters. The lowest BCUT2D eigenvalue weighted by Crippen LogP contribution is -2.15. The molecule has 2 N–H and O–H groups in total. The number of ether oxygens (including phenoxy) is 1. The van der Waals surface area contributed by atoms with E-state index in [0.29, 0.717) is 11.4 Å². The summed E-state index contributed by atoms with van der Waals surface area (Å²) < 4.78 is 9.81. The average Bonchev–Trinajstić information content (AvgIpc) is 2.91. The van der Waals surface area contributed by atoms with Gasteiger partial charge in [0.05, 0.1) is 12.8 Å². The number of oxazole rings is 1. The third-order valence-corrected chi connectivity index (χ3v) is 2.17. The molecule has 0 fully saturated rings. The summed E-state index contributed by atoms with van der Waals surface area (Å²) in [5, 5.41) is 11.0. The lowest BCUT2D eigenvalue weighted by molar-refractivity contribution is 0.131. The minimum atomic E-state index is -0.600. The molecule has 0 radical (unpaired) electrons. The molecule has 94 valence electrons. The second-order valence-corrected chi connectivity index (χ2v) is 3.43. The van der Waals surface area contributed by atoms with Gasteiger partial charge >= 0.3 is 6.09 Å². The molecular weight excluding hydrogens is 236 g/mol. The van der Waals surface area contributed by atoms with E-state index in [1.54, 1.807) is 30.5 Å². The molecule has 18 heavy (non-hydrogen) atoms. The zero-order chi connectivity index (χ0) is 12.8. The SMILES string of the molecule is O=C(Nc1ccc(-c2cnco2)cc1)OCCO. The minimum absolute atomic E-state index is 0.0258. The van der Waals surface area contributed by atoms with Crippen molar-refractivity contribution in [2.45, 2.75) is 0 Å². The van der Waals surface area contributed by atoms with E-state index in [1.807, 2.05) is 0 Å². The smallest absolute Gasteiger partial charge is 0.411 e. The molecule has 1 amide bonds. The maximum Gasteiger partial charge on any atom is 0.411 e. The number of carbonyl (C=O) groups is 1. The molecule has 0 aliphatic heterocycles. The number of nitrogens with zero attached hydrogens (tertiary/aromatic N) is 1. The molecule has 0 saturated heterocycles. The predicted molar refractivity (Wildman–Crippen MR) is 64.0 cm³/mol. The Morgan fingerprint density at radius 3 is 2.78 bits per heavy atom. The summed E-state index contributed by atoms with van der Waals surface area (Å²) >= 11 is 0. The molecule has 0 saturated carbocycles. The van der Waals surface area contributed by atoms with E-state index in [9.17, 15) is 4.79 Å². The van der Waals surface area contributed by atoms with Crippen molar-refractivity contribution < 1.29 is 19.1 Å². The van der Waals surface area contributed by atoms with Crippen LogP contribution in [0.15, 0.2) is 41.3 Å². The number of aliphatic hydroxyl groups is 1. The number of carbonyl (C=O) groups excluding carboxylic acids is 1. The van der Waals surface area contributed by atoms with Crippen molar-refractivity contribution in [2.24, 2.45) is 0 Å². The first-order valence-electron chi connectivity index (χ1n) is 5.33. The van der Waals surface area contributed by atoms with Crippen LogP contribution in [0.4, 0.5) is 10.5 Å². The first-order chi connectivity index (χ1) is 8.79. The fourth-order valence-corrected chi connectivity index (χ4v) is 1.37. The summed E-state index contributed by atoms with van der Waals surface area (Å²) in [6.45, 7) is -0.222. The topological polar surface area (TPSA) is 84.6 Å². The highest BCUT2D eigenvalue weighted by molar-refractivity contribution is 5.84. The van der Waals surface area contributed by atoms with Crippen molar-refractivity contribution in [1.29, 1.82) is 0 Å². The fourth-order valence-electron chi connectivity index (χ4n) is 1.37. The molecule has 1 heterocycles. The Balaban J connectivity index is 1.98. The summed E-state index contributed by atoms with van der Waals surface area (Å²) in [4.78, 5) is 15.0. The van der Waals surface area contributed by atoms with E-state index in [0.717, 1.165) is 5.56 Å². The molecule has 0 bridgehead atoms. The van der Waals surface area contributed by atoms with Crippen LogP contribution in [0, 0.1) is 0 Å². The fraction of sp³-hybridized carbons (Fsp3) is 0.167. The highest BCUT2D eigenvalue weighted by atomic mass is 16.6. The zero-order valence-corrected chi connectivity index (χ0v) is 9.50. The van der Waals surface area contributed by atoms with Crippen molar-refractivity contribution in [3.05, 3.63) is 36.9 Å². The van der Waals surface area contributed by atoms with Gasteiger partial charge in [-0.2, -0.15) is 0 Å². The second-order valence-electron chi connectivity index (χ2n) is 3.43. The summed E-state index contributed by atoms with van der Waals surface area (Å²) in [5.74, 6) is 0.657. The molecule has 6 heteroatoms. The lowest BCUT2D eigenvalue weighted by Gasteiger charge is -2.06. The molecular formula is C12H12N2O4. The summed E-state index contributed by atoms with van der Waals surface area (Å²) in [7, 11) is 0. The number of benzene rings is 1. The standard InChI is InChI=1S/C12H12N2O4/c15-5-6-17-12(16)14-10-3-1-9(2-4-10)11-7-13-8-18-11/h1-4,7-8,15H,5-6H2,(H,14,16). The third kappa shape index (κ3) is 3.08. The number of rotatable bonds is 4. The number of amides is 1. The summed E-state index contributed by atoms with van der Waals surface area (Å²) in [5.41, 5.74) is 1.46. The Hall–Kier alpha value is -2.34. The van der Waals surface area contributed by atoms with Gasteiger partial charge in [0.15, 0.2) is 12.2 Å². The lowest BCUT2D eigenvalue weighted by atomic mass is 10.2. The molecule has 0 spiro atoms. The van der Waals surface area contributed by atoms with Gasteiger partial charge in [0.2, 0.25) is 0 Å². The molecule has 0 unspecified atom stereocenters. The number of nitrogens with one attached hydrogen (secondary N) is 1. The van der Waals surface area contributed by atoms with Crippen LogP contribution >= 0.6 is 0 Å². The molecule has 1 aromatic carbocycles. The van der Waals surface area contributed by atoms with Crippen molar-refractivity contribution >= 4 is 11.8 Å². The van der Waals surface area contributed by atoms with Crippen LogP contribution in [0.2, 0.25) is 0 Å². The van der Waals surface area contributed by atoms with E-state index in [2.05, 4.69) is 15.0 Å². The highest BCUT2D eigenvalue weighted by Gasteiger charge is 2.04. The van der Waals surface area contributed by atoms with Crippen LogP contribution in [-0.2, 0) is 4.74 Å². The van der Waals surface area contributed by atoms with Gasteiger partial charge in [0.1, 0.15) is 6.61 Å². The Labute approximate surface area is 103 Å². The Bertz CT molecular complexity index is 493. The minimum Gasteiger partial charge on any atom is -0.447 e. The Morgan fingerprint density at radius 1 is 1.39 bits per heavy atom. The summed E-state index contributed by atoms with van der Waals surface area (Å²) in [6.07, 6.45) is 2.36.